The number of aliphatic hydroxyl groups excluding tert-OH is 1. The maximum atomic E-state index is 9.32. The molecule has 0 spiro atoms. The van der Waals surface area contributed by atoms with Gasteiger partial charge in [-0.15, -0.1) is 0 Å². The van der Waals surface area contributed by atoms with Gasteiger partial charge in [0.2, 0.25) is 0 Å². The van der Waals surface area contributed by atoms with E-state index in [4.69, 9.17) is 0 Å². The number of hydrogen-bond acceptors (Lipinski definition) is 2. The molecule has 1 aromatic rings. The molecule has 1 heterocycles. The summed E-state index contributed by atoms with van der Waals surface area (Å²) in [5, 5.41) is 9.32. The first-order chi connectivity index (χ1) is 7.33. The molecule has 2 nitrogen and oxygen atoms in total. The molecule has 0 aliphatic carbocycles. The van der Waals surface area contributed by atoms with Crippen LogP contribution in [0.3, 0.4) is 0 Å². The third kappa shape index (κ3) is 2.21. The monoisotopic (exact) mass is 205 g/mol. The molecular weight excluding hydrogens is 186 g/mol. The molecule has 0 bridgehead atoms. The molecule has 2 rings (SSSR count). The van der Waals surface area contributed by atoms with Crippen molar-refractivity contribution < 1.29 is 5.11 Å². The first kappa shape index (κ1) is 10.7. The third-order valence-electron chi connectivity index (χ3n) is 3.35. The van der Waals surface area contributed by atoms with E-state index in [1.54, 1.807) is 0 Å². The average Bonchev–Trinajstić information content (AvgIpc) is 2.30. The van der Waals surface area contributed by atoms with Crippen molar-refractivity contribution in [3.8, 4) is 0 Å². The Labute approximate surface area is 91.5 Å². The van der Waals surface area contributed by atoms with E-state index >= 15 is 0 Å². The summed E-state index contributed by atoms with van der Waals surface area (Å²) in [6.45, 7) is 1.32. The summed E-state index contributed by atoms with van der Waals surface area (Å²) in [6, 6.07) is 8.74. The van der Waals surface area contributed by atoms with Gasteiger partial charge in [-0.2, -0.15) is 0 Å². The van der Waals surface area contributed by atoms with Gasteiger partial charge >= 0.3 is 0 Å². The number of rotatable bonds is 2. The molecule has 15 heavy (non-hydrogen) atoms. The Bertz CT molecular complexity index is 324. The van der Waals surface area contributed by atoms with Crippen LogP contribution in [0, 0.1) is 0 Å². The fraction of sp³-hybridized carbons (Fsp3) is 0.538. The van der Waals surface area contributed by atoms with Crippen LogP contribution in [0.5, 0.6) is 0 Å². The minimum absolute atomic E-state index is 0.153. The van der Waals surface area contributed by atoms with Crippen LogP contribution in [0.15, 0.2) is 24.3 Å². The highest BCUT2D eigenvalue weighted by Crippen LogP contribution is 2.31. The van der Waals surface area contributed by atoms with E-state index in [0.29, 0.717) is 6.04 Å². The van der Waals surface area contributed by atoms with Crippen LogP contribution in [0.4, 0.5) is 0 Å². The molecule has 0 aromatic heterocycles. The summed E-state index contributed by atoms with van der Waals surface area (Å²) in [5.41, 5.74) is 2.39. The van der Waals surface area contributed by atoms with Crippen LogP contribution in [-0.2, 0) is 6.61 Å². The molecule has 1 aliphatic rings. The van der Waals surface area contributed by atoms with E-state index in [9.17, 15) is 5.11 Å². The zero-order valence-electron chi connectivity index (χ0n) is 9.32. The van der Waals surface area contributed by atoms with E-state index < -0.39 is 0 Å². The van der Waals surface area contributed by atoms with Crippen LogP contribution in [0.1, 0.15) is 36.4 Å². The fourth-order valence-corrected chi connectivity index (χ4v) is 2.47. The average molecular weight is 205 g/mol. The van der Waals surface area contributed by atoms with Crippen LogP contribution >= 0.6 is 0 Å². The minimum Gasteiger partial charge on any atom is -0.392 e. The van der Waals surface area contributed by atoms with Gasteiger partial charge in [-0.05, 0) is 37.6 Å². The largest absolute Gasteiger partial charge is 0.392 e. The lowest BCUT2D eigenvalue weighted by Crippen LogP contribution is -2.30. The first-order valence-electron chi connectivity index (χ1n) is 5.72. The number of nitrogens with zero attached hydrogens (tertiary/aromatic N) is 1. The standard InChI is InChI=1S/C13H19NO/c1-14-9-5-4-8-13(14)12-7-3-2-6-11(12)10-15/h2-3,6-7,13,15H,4-5,8-10H2,1H3. The second-order valence-corrected chi connectivity index (χ2v) is 4.35. The molecule has 1 unspecified atom stereocenters. The molecule has 82 valence electrons. The molecule has 2 heteroatoms. The van der Waals surface area contributed by atoms with Gasteiger partial charge in [-0.1, -0.05) is 30.7 Å². The Morgan fingerprint density at radius 3 is 2.87 bits per heavy atom. The highest BCUT2D eigenvalue weighted by atomic mass is 16.3. The van der Waals surface area contributed by atoms with Gasteiger partial charge in [0.15, 0.2) is 0 Å². The van der Waals surface area contributed by atoms with Crippen LogP contribution in [0.25, 0.3) is 0 Å². The fourth-order valence-electron chi connectivity index (χ4n) is 2.47. The summed E-state index contributed by atoms with van der Waals surface area (Å²) < 4.78 is 0. The SMILES string of the molecule is CN1CCCCC1c1ccccc1CO. The van der Waals surface area contributed by atoms with Gasteiger partial charge in [0, 0.05) is 6.04 Å². The van der Waals surface area contributed by atoms with Crippen molar-refractivity contribution in [1.29, 1.82) is 0 Å². The van der Waals surface area contributed by atoms with Crippen molar-refractivity contribution >= 4 is 0 Å². The number of likely N-dealkylation sites (tertiary alicyclic amines) is 1. The van der Waals surface area contributed by atoms with Crippen molar-refractivity contribution in [2.24, 2.45) is 0 Å². The third-order valence-corrected chi connectivity index (χ3v) is 3.35. The summed E-state index contributed by atoms with van der Waals surface area (Å²) >= 11 is 0. The lowest BCUT2D eigenvalue weighted by molar-refractivity contribution is 0.183. The van der Waals surface area contributed by atoms with Gasteiger partial charge < -0.3 is 5.11 Å². The molecule has 0 radical (unpaired) electrons. The van der Waals surface area contributed by atoms with Crippen molar-refractivity contribution in [2.45, 2.75) is 31.9 Å². The molecule has 1 fully saturated rings. The Balaban J connectivity index is 2.26. The normalized spacial score (nSPS) is 22.9. The van der Waals surface area contributed by atoms with Gasteiger partial charge in [0.1, 0.15) is 0 Å². The number of hydrogen-bond donors (Lipinski definition) is 1. The van der Waals surface area contributed by atoms with Gasteiger partial charge in [0.05, 0.1) is 6.61 Å². The molecular formula is C13H19NO. The van der Waals surface area contributed by atoms with Crippen LogP contribution < -0.4 is 0 Å². The minimum atomic E-state index is 0.153. The first-order valence-corrected chi connectivity index (χ1v) is 5.72. The van der Waals surface area contributed by atoms with Gasteiger partial charge in [-0.3, -0.25) is 4.90 Å². The second kappa shape index (κ2) is 4.77. The maximum absolute atomic E-state index is 9.32. The molecule has 1 saturated heterocycles. The van der Waals surface area contributed by atoms with Gasteiger partial charge in [-0.25, -0.2) is 0 Å². The van der Waals surface area contributed by atoms with E-state index in [0.717, 1.165) is 5.56 Å². The predicted octanol–water partition coefficient (Wildman–Crippen LogP) is 2.34. The topological polar surface area (TPSA) is 23.5 Å². The Morgan fingerprint density at radius 2 is 2.13 bits per heavy atom. The summed E-state index contributed by atoms with van der Waals surface area (Å²) in [6.07, 6.45) is 3.82. The Morgan fingerprint density at radius 1 is 1.33 bits per heavy atom. The van der Waals surface area contributed by atoms with Crippen molar-refractivity contribution in [3.05, 3.63) is 35.4 Å². The zero-order chi connectivity index (χ0) is 10.7. The highest BCUT2D eigenvalue weighted by molar-refractivity contribution is 5.29. The highest BCUT2D eigenvalue weighted by Gasteiger charge is 2.22. The van der Waals surface area contributed by atoms with E-state index in [2.05, 4.69) is 24.1 Å². The number of benzene rings is 1. The smallest absolute Gasteiger partial charge is 0.0685 e. The molecule has 1 atom stereocenters. The summed E-state index contributed by atoms with van der Waals surface area (Å²) in [7, 11) is 2.18. The summed E-state index contributed by atoms with van der Waals surface area (Å²) in [5.74, 6) is 0. The Hall–Kier alpha value is -0.860. The van der Waals surface area contributed by atoms with E-state index in [1.165, 1.54) is 31.4 Å². The lowest BCUT2D eigenvalue weighted by atomic mass is 9.92. The van der Waals surface area contributed by atoms with Crippen LogP contribution in [-0.4, -0.2) is 23.6 Å². The predicted molar refractivity (Wildman–Crippen MR) is 61.6 cm³/mol. The number of aliphatic hydroxyl groups is 1. The van der Waals surface area contributed by atoms with Crippen molar-refractivity contribution in [1.82, 2.24) is 4.90 Å². The number of piperidine rings is 1. The Kier molecular flexibility index (Phi) is 3.39. The van der Waals surface area contributed by atoms with E-state index in [1.807, 2.05) is 12.1 Å². The lowest BCUT2D eigenvalue weighted by Gasteiger charge is -2.33. The molecule has 1 aromatic carbocycles. The molecule has 0 amide bonds. The maximum Gasteiger partial charge on any atom is 0.0685 e. The van der Waals surface area contributed by atoms with Crippen molar-refractivity contribution in [2.75, 3.05) is 13.6 Å². The van der Waals surface area contributed by atoms with Crippen molar-refractivity contribution in [3.63, 3.8) is 0 Å². The quantitative estimate of drug-likeness (QED) is 0.801. The van der Waals surface area contributed by atoms with Crippen LogP contribution in [0.2, 0.25) is 0 Å². The molecule has 1 aliphatic heterocycles. The van der Waals surface area contributed by atoms with Gasteiger partial charge in [0.25, 0.3) is 0 Å². The van der Waals surface area contributed by atoms with E-state index in [-0.39, 0.29) is 6.61 Å². The molecule has 0 saturated carbocycles. The zero-order valence-corrected chi connectivity index (χ0v) is 9.32. The molecule has 1 N–H and O–H groups in total. The summed E-state index contributed by atoms with van der Waals surface area (Å²) in [4.78, 5) is 2.40. The second-order valence-electron chi connectivity index (χ2n) is 4.35.